The number of carbonyl (C=O) groups is 1. The summed E-state index contributed by atoms with van der Waals surface area (Å²) >= 11 is 0. The van der Waals surface area contributed by atoms with Gasteiger partial charge in [0.25, 0.3) is 5.91 Å². The van der Waals surface area contributed by atoms with E-state index in [1.54, 1.807) is 6.21 Å². The zero-order chi connectivity index (χ0) is 18.1. The molecule has 0 spiro atoms. The number of anilines is 1. The third-order valence-corrected chi connectivity index (χ3v) is 5.34. The van der Waals surface area contributed by atoms with Crippen LogP contribution < -0.4 is 5.43 Å². The first-order valence-electron chi connectivity index (χ1n) is 8.87. The molecule has 1 amide bonds. The average Bonchev–Trinajstić information content (AvgIpc) is 3.38. The van der Waals surface area contributed by atoms with Crippen LogP contribution in [0.15, 0.2) is 23.7 Å². The van der Waals surface area contributed by atoms with Gasteiger partial charge in [-0.25, -0.2) is 0 Å². The van der Waals surface area contributed by atoms with Crippen LogP contribution in [0.25, 0.3) is 0 Å². The molecular formula is C17H22N8O. The highest BCUT2D eigenvalue weighted by Gasteiger charge is 2.45. The Kier molecular flexibility index (Phi) is 4.27. The highest BCUT2D eigenvalue weighted by Crippen LogP contribution is 2.40. The molecule has 2 fully saturated rings. The molecule has 2 bridgehead atoms. The summed E-state index contributed by atoms with van der Waals surface area (Å²) in [5.41, 5.74) is 4.38. The lowest BCUT2D eigenvalue weighted by molar-refractivity contribution is 0.0553. The Bertz CT molecular complexity index is 810. The van der Waals surface area contributed by atoms with Gasteiger partial charge in [0, 0.05) is 41.7 Å². The number of H-pyrrole nitrogens is 2. The van der Waals surface area contributed by atoms with Crippen molar-refractivity contribution in [1.29, 1.82) is 5.41 Å². The molecule has 0 unspecified atom stereocenters. The van der Waals surface area contributed by atoms with Gasteiger partial charge in [-0.2, -0.15) is 5.10 Å². The van der Waals surface area contributed by atoms with E-state index in [0.717, 1.165) is 37.1 Å². The topological polar surface area (TPSA) is 126 Å². The van der Waals surface area contributed by atoms with Crippen molar-refractivity contribution in [3.05, 3.63) is 30.0 Å². The molecule has 26 heavy (non-hydrogen) atoms. The van der Waals surface area contributed by atoms with Crippen LogP contribution in [0.1, 0.15) is 48.8 Å². The molecule has 2 aliphatic heterocycles. The van der Waals surface area contributed by atoms with Crippen molar-refractivity contribution in [3.8, 4) is 0 Å². The lowest BCUT2D eigenvalue weighted by Gasteiger charge is -2.38. The summed E-state index contributed by atoms with van der Waals surface area (Å²) in [5.74, 6) is 1.08. The number of hydrogen-bond acceptors (Lipinski definition) is 6. The lowest BCUT2D eigenvalue weighted by Crippen LogP contribution is -2.48. The average molecular weight is 354 g/mol. The van der Waals surface area contributed by atoms with Crippen LogP contribution in [0.3, 0.4) is 0 Å². The molecule has 0 aromatic carbocycles. The molecule has 4 heterocycles. The van der Waals surface area contributed by atoms with Crippen LogP contribution in [0, 0.1) is 11.3 Å². The SMILES string of the molecule is C/C=N\Nc1[nH]ccc1C(=N)[C@@H]1C[C@H]2CC[C@@H](C1)N2C(=O)c1nnc[nH]1. The van der Waals surface area contributed by atoms with Crippen molar-refractivity contribution < 1.29 is 4.79 Å². The van der Waals surface area contributed by atoms with E-state index in [4.69, 9.17) is 5.41 Å². The monoisotopic (exact) mass is 354 g/mol. The Labute approximate surface area is 150 Å². The Morgan fingerprint density at radius 2 is 2.15 bits per heavy atom. The number of nitrogens with zero attached hydrogens (tertiary/aromatic N) is 4. The molecule has 2 aromatic rings. The van der Waals surface area contributed by atoms with Gasteiger partial charge in [-0.15, -0.1) is 10.2 Å². The third kappa shape index (κ3) is 2.79. The second-order valence-corrected chi connectivity index (χ2v) is 6.78. The summed E-state index contributed by atoms with van der Waals surface area (Å²) in [6.07, 6.45) is 8.47. The number of piperidine rings is 1. The summed E-state index contributed by atoms with van der Waals surface area (Å²) in [6.45, 7) is 1.83. The third-order valence-electron chi connectivity index (χ3n) is 5.34. The maximum Gasteiger partial charge on any atom is 0.292 e. The molecular weight excluding hydrogens is 332 g/mol. The minimum Gasteiger partial charge on any atom is -0.347 e. The van der Waals surface area contributed by atoms with Crippen molar-refractivity contribution in [3.63, 3.8) is 0 Å². The Hall–Kier alpha value is -2.97. The number of rotatable bonds is 5. The van der Waals surface area contributed by atoms with E-state index in [-0.39, 0.29) is 23.9 Å². The molecule has 2 saturated heterocycles. The van der Waals surface area contributed by atoms with Gasteiger partial charge in [-0.1, -0.05) is 0 Å². The normalized spacial score (nSPS) is 25.0. The molecule has 9 heteroatoms. The fraction of sp³-hybridized carbons (Fsp3) is 0.471. The summed E-state index contributed by atoms with van der Waals surface area (Å²) < 4.78 is 0. The van der Waals surface area contributed by atoms with E-state index in [1.807, 2.05) is 24.1 Å². The molecule has 3 atom stereocenters. The van der Waals surface area contributed by atoms with Crippen molar-refractivity contribution in [2.45, 2.75) is 44.7 Å². The number of amides is 1. The van der Waals surface area contributed by atoms with Gasteiger partial charge in [0.15, 0.2) is 0 Å². The number of aromatic amines is 2. The molecule has 9 nitrogen and oxygen atoms in total. The van der Waals surface area contributed by atoms with Crippen LogP contribution >= 0.6 is 0 Å². The first-order valence-corrected chi connectivity index (χ1v) is 8.87. The quantitative estimate of drug-likeness (QED) is 0.484. The number of fused-ring (bicyclic) bond motifs is 2. The number of aromatic nitrogens is 4. The van der Waals surface area contributed by atoms with Gasteiger partial charge >= 0.3 is 0 Å². The Morgan fingerprint density at radius 1 is 1.38 bits per heavy atom. The van der Waals surface area contributed by atoms with Crippen LogP contribution in [-0.2, 0) is 0 Å². The van der Waals surface area contributed by atoms with E-state index < -0.39 is 0 Å². The van der Waals surface area contributed by atoms with Crippen molar-refractivity contribution in [2.24, 2.45) is 11.0 Å². The van der Waals surface area contributed by atoms with Crippen LogP contribution in [0.5, 0.6) is 0 Å². The van der Waals surface area contributed by atoms with Gasteiger partial charge in [0.1, 0.15) is 12.1 Å². The summed E-state index contributed by atoms with van der Waals surface area (Å²) in [4.78, 5) is 20.6. The minimum absolute atomic E-state index is 0.0822. The predicted molar refractivity (Wildman–Crippen MR) is 97.5 cm³/mol. The summed E-state index contributed by atoms with van der Waals surface area (Å²) in [6, 6.07) is 2.21. The molecule has 4 N–H and O–H groups in total. The molecule has 2 aromatic heterocycles. The lowest BCUT2D eigenvalue weighted by atomic mass is 9.84. The Morgan fingerprint density at radius 3 is 2.81 bits per heavy atom. The second-order valence-electron chi connectivity index (χ2n) is 6.78. The van der Waals surface area contributed by atoms with E-state index in [2.05, 4.69) is 30.7 Å². The van der Waals surface area contributed by atoms with Crippen LogP contribution in [-0.4, -0.2) is 55.0 Å². The van der Waals surface area contributed by atoms with E-state index in [9.17, 15) is 4.79 Å². The smallest absolute Gasteiger partial charge is 0.292 e. The zero-order valence-electron chi connectivity index (χ0n) is 14.6. The predicted octanol–water partition coefficient (Wildman–Crippen LogP) is 2.00. The minimum atomic E-state index is -0.0822. The maximum absolute atomic E-state index is 12.7. The number of nitrogens with one attached hydrogen (secondary N) is 4. The van der Waals surface area contributed by atoms with E-state index in [1.165, 1.54) is 6.33 Å². The molecule has 4 rings (SSSR count). The molecule has 0 aliphatic carbocycles. The Balaban J connectivity index is 1.50. The highest BCUT2D eigenvalue weighted by molar-refractivity contribution is 6.04. The van der Waals surface area contributed by atoms with Crippen molar-refractivity contribution in [1.82, 2.24) is 25.1 Å². The standard InChI is InChI=1S/C17H22N8O/c1-2-21-23-15-13(5-6-19-15)14(18)10-7-11-3-4-12(8-10)25(11)17(26)16-20-9-22-24-16/h2,5-6,9-12,18-19,23H,3-4,7-8H2,1H3,(H,20,22,24)/b18-14?,21-2-/t10-,11-,12+. The molecule has 0 saturated carbocycles. The summed E-state index contributed by atoms with van der Waals surface area (Å²) in [7, 11) is 0. The number of hydrogen-bond donors (Lipinski definition) is 4. The molecule has 0 radical (unpaired) electrons. The second kappa shape index (κ2) is 6.74. The first kappa shape index (κ1) is 16.5. The fourth-order valence-electron chi connectivity index (χ4n) is 4.21. The van der Waals surface area contributed by atoms with Crippen molar-refractivity contribution >= 4 is 23.7 Å². The zero-order valence-corrected chi connectivity index (χ0v) is 14.6. The van der Waals surface area contributed by atoms with Gasteiger partial charge in [-0.05, 0) is 38.7 Å². The van der Waals surface area contributed by atoms with Crippen molar-refractivity contribution in [2.75, 3.05) is 5.43 Å². The summed E-state index contributed by atoms with van der Waals surface area (Å²) in [5, 5.41) is 20.3. The van der Waals surface area contributed by atoms with Crippen LogP contribution in [0.4, 0.5) is 5.82 Å². The van der Waals surface area contributed by atoms with E-state index >= 15 is 0 Å². The van der Waals surface area contributed by atoms with Gasteiger partial charge in [0.05, 0.1) is 0 Å². The van der Waals surface area contributed by atoms with Gasteiger partial charge in [0.2, 0.25) is 5.82 Å². The van der Waals surface area contributed by atoms with Crippen LogP contribution in [0.2, 0.25) is 0 Å². The highest BCUT2D eigenvalue weighted by atomic mass is 16.2. The maximum atomic E-state index is 12.7. The fourth-order valence-corrected chi connectivity index (χ4v) is 4.21. The first-order chi connectivity index (χ1) is 12.7. The van der Waals surface area contributed by atoms with Gasteiger partial charge < -0.3 is 20.3 Å². The number of carbonyl (C=O) groups excluding carboxylic acids is 1. The van der Waals surface area contributed by atoms with E-state index in [0.29, 0.717) is 11.5 Å². The number of hydrazone groups is 1. The molecule has 136 valence electrons. The van der Waals surface area contributed by atoms with Gasteiger partial charge in [-0.3, -0.25) is 10.2 Å². The largest absolute Gasteiger partial charge is 0.347 e. The molecule has 2 aliphatic rings.